The van der Waals surface area contributed by atoms with Gasteiger partial charge >= 0.3 is 0 Å². The van der Waals surface area contributed by atoms with E-state index in [9.17, 15) is 4.39 Å². The molecule has 0 atom stereocenters. The lowest BCUT2D eigenvalue weighted by Crippen LogP contribution is -2.06. The molecule has 1 N–H and O–H groups in total. The fraction of sp³-hybridized carbons (Fsp3) is 0.167. The lowest BCUT2D eigenvalue weighted by Gasteiger charge is -2.07. The standard InChI is InChI=1S/C18H16FN5S/c1-20-18-23-22-17(25-18)11-24-15-5-3-2-4-14(15)21-16(24)10-12-6-8-13(19)9-7-12/h2-9H,10-11H2,1H3,(H,20,23). The van der Waals surface area contributed by atoms with Crippen molar-refractivity contribution in [3.63, 3.8) is 0 Å². The lowest BCUT2D eigenvalue weighted by molar-refractivity contribution is 0.627. The van der Waals surface area contributed by atoms with Crippen LogP contribution in [0.5, 0.6) is 0 Å². The third-order valence-electron chi connectivity index (χ3n) is 3.98. The minimum absolute atomic E-state index is 0.231. The summed E-state index contributed by atoms with van der Waals surface area (Å²) in [6.45, 7) is 0.608. The second-order valence-corrected chi connectivity index (χ2v) is 6.72. The van der Waals surface area contributed by atoms with E-state index >= 15 is 0 Å². The van der Waals surface area contributed by atoms with E-state index in [-0.39, 0.29) is 5.82 Å². The monoisotopic (exact) mass is 353 g/mol. The summed E-state index contributed by atoms with van der Waals surface area (Å²) in [5, 5.41) is 13.0. The molecule has 0 spiro atoms. The van der Waals surface area contributed by atoms with E-state index in [0.717, 1.165) is 32.6 Å². The SMILES string of the molecule is CNc1nnc(Cn2c(Cc3ccc(F)cc3)nc3ccccc32)s1. The van der Waals surface area contributed by atoms with Gasteiger partial charge in [0.1, 0.15) is 16.6 Å². The highest BCUT2D eigenvalue weighted by Gasteiger charge is 2.13. The summed E-state index contributed by atoms with van der Waals surface area (Å²) in [6, 6.07) is 14.6. The first-order valence-electron chi connectivity index (χ1n) is 7.91. The van der Waals surface area contributed by atoms with Crippen molar-refractivity contribution in [2.45, 2.75) is 13.0 Å². The van der Waals surface area contributed by atoms with Gasteiger partial charge in [0.15, 0.2) is 0 Å². The molecule has 2 aromatic heterocycles. The highest BCUT2D eigenvalue weighted by molar-refractivity contribution is 7.15. The number of nitrogens with one attached hydrogen (secondary N) is 1. The maximum atomic E-state index is 13.2. The van der Waals surface area contributed by atoms with Crippen molar-refractivity contribution in [1.82, 2.24) is 19.7 Å². The molecular formula is C18H16FN5S. The summed E-state index contributed by atoms with van der Waals surface area (Å²) in [5.41, 5.74) is 3.02. The largest absolute Gasteiger partial charge is 0.363 e. The molecule has 4 aromatic rings. The first-order valence-corrected chi connectivity index (χ1v) is 8.73. The molecule has 0 radical (unpaired) electrons. The van der Waals surface area contributed by atoms with Crippen LogP contribution in [-0.2, 0) is 13.0 Å². The molecule has 0 unspecified atom stereocenters. The highest BCUT2D eigenvalue weighted by Crippen LogP contribution is 2.22. The number of nitrogens with zero attached hydrogens (tertiary/aromatic N) is 4. The minimum Gasteiger partial charge on any atom is -0.363 e. The Bertz CT molecular complexity index is 1010. The van der Waals surface area contributed by atoms with Crippen molar-refractivity contribution < 1.29 is 4.39 Å². The normalized spacial score (nSPS) is 11.1. The van der Waals surface area contributed by atoms with Gasteiger partial charge < -0.3 is 9.88 Å². The van der Waals surface area contributed by atoms with Crippen molar-refractivity contribution in [3.05, 3.63) is 70.7 Å². The van der Waals surface area contributed by atoms with Crippen molar-refractivity contribution in [2.24, 2.45) is 0 Å². The second kappa shape index (κ2) is 6.60. The van der Waals surface area contributed by atoms with E-state index in [1.807, 2.05) is 25.2 Å². The second-order valence-electron chi connectivity index (χ2n) is 5.66. The summed E-state index contributed by atoms with van der Waals surface area (Å²) in [4.78, 5) is 4.76. The van der Waals surface area contributed by atoms with Gasteiger partial charge in [0, 0.05) is 13.5 Å². The molecule has 4 rings (SSSR count). The number of fused-ring (bicyclic) bond motifs is 1. The first kappa shape index (κ1) is 15.7. The number of rotatable bonds is 5. The maximum absolute atomic E-state index is 13.2. The van der Waals surface area contributed by atoms with Gasteiger partial charge in [-0.3, -0.25) is 0 Å². The number of imidazole rings is 1. The molecule has 2 aromatic carbocycles. The molecule has 0 bridgehead atoms. The van der Waals surface area contributed by atoms with E-state index in [1.165, 1.54) is 23.5 Å². The third kappa shape index (κ3) is 3.23. The third-order valence-corrected chi connectivity index (χ3v) is 4.91. The zero-order valence-corrected chi connectivity index (χ0v) is 14.4. The van der Waals surface area contributed by atoms with Crippen LogP contribution in [0.3, 0.4) is 0 Å². The van der Waals surface area contributed by atoms with Crippen molar-refractivity contribution in [3.8, 4) is 0 Å². The Hall–Kier alpha value is -2.80. The Morgan fingerprint density at radius 1 is 1.08 bits per heavy atom. The Kier molecular flexibility index (Phi) is 4.15. The quantitative estimate of drug-likeness (QED) is 0.594. The van der Waals surface area contributed by atoms with E-state index in [2.05, 4.69) is 26.1 Å². The Labute approximate surface area is 148 Å². The van der Waals surface area contributed by atoms with Crippen LogP contribution in [0.2, 0.25) is 0 Å². The zero-order valence-electron chi connectivity index (χ0n) is 13.6. The van der Waals surface area contributed by atoms with E-state index in [1.54, 1.807) is 12.1 Å². The van der Waals surface area contributed by atoms with E-state index in [0.29, 0.717) is 13.0 Å². The molecule has 0 aliphatic heterocycles. The number of para-hydroxylation sites is 2. The van der Waals surface area contributed by atoms with Gasteiger partial charge in [-0.05, 0) is 29.8 Å². The minimum atomic E-state index is -0.231. The van der Waals surface area contributed by atoms with Crippen LogP contribution in [0, 0.1) is 5.82 Å². The van der Waals surface area contributed by atoms with E-state index in [4.69, 9.17) is 4.98 Å². The molecule has 0 aliphatic rings. The predicted octanol–water partition coefficient (Wildman–Crippen LogP) is 3.71. The molecular weight excluding hydrogens is 337 g/mol. The van der Waals surface area contributed by atoms with Crippen LogP contribution in [0.25, 0.3) is 11.0 Å². The number of benzene rings is 2. The molecule has 5 nitrogen and oxygen atoms in total. The molecule has 7 heteroatoms. The number of aromatic nitrogens is 4. The molecule has 0 saturated carbocycles. The molecule has 2 heterocycles. The van der Waals surface area contributed by atoms with Crippen LogP contribution in [0.15, 0.2) is 48.5 Å². The summed E-state index contributed by atoms with van der Waals surface area (Å²) in [5.74, 6) is 0.694. The van der Waals surface area contributed by atoms with Gasteiger partial charge in [-0.15, -0.1) is 10.2 Å². The number of halogens is 1. The highest BCUT2D eigenvalue weighted by atomic mass is 32.1. The number of anilines is 1. The average molecular weight is 353 g/mol. The Morgan fingerprint density at radius 2 is 1.88 bits per heavy atom. The topological polar surface area (TPSA) is 55.6 Å². The van der Waals surface area contributed by atoms with Gasteiger partial charge in [-0.25, -0.2) is 9.37 Å². The fourth-order valence-electron chi connectivity index (χ4n) is 2.78. The molecule has 0 saturated heterocycles. The molecule has 126 valence electrons. The lowest BCUT2D eigenvalue weighted by atomic mass is 10.1. The van der Waals surface area contributed by atoms with E-state index < -0.39 is 0 Å². The smallest absolute Gasteiger partial charge is 0.205 e. The van der Waals surface area contributed by atoms with Crippen LogP contribution >= 0.6 is 11.3 Å². The molecule has 0 aliphatic carbocycles. The number of hydrogen-bond acceptors (Lipinski definition) is 5. The molecule has 0 amide bonds. The van der Waals surface area contributed by atoms with Crippen molar-refractivity contribution in [1.29, 1.82) is 0 Å². The number of hydrogen-bond donors (Lipinski definition) is 1. The summed E-state index contributed by atoms with van der Waals surface area (Å²) >= 11 is 1.53. The van der Waals surface area contributed by atoms with Crippen LogP contribution in [-0.4, -0.2) is 26.8 Å². The van der Waals surface area contributed by atoms with Crippen LogP contribution in [0.4, 0.5) is 9.52 Å². The Morgan fingerprint density at radius 3 is 2.64 bits per heavy atom. The van der Waals surface area contributed by atoms with Gasteiger partial charge in [0.25, 0.3) is 0 Å². The van der Waals surface area contributed by atoms with Gasteiger partial charge in [0.2, 0.25) is 5.13 Å². The van der Waals surface area contributed by atoms with Gasteiger partial charge in [-0.1, -0.05) is 35.6 Å². The fourth-order valence-corrected chi connectivity index (χ4v) is 3.46. The van der Waals surface area contributed by atoms with Crippen LogP contribution in [0.1, 0.15) is 16.4 Å². The summed E-state index contributed by atoms with van der Waals surface area (Å²) < 4.78 is 15.3. The average Bonchev–Trinajstić information content (AvgIpc) is 3.22. The molecule has 0 fully saturated rings. The van der Waals surface area contributed by atoms with Crippen molar-refractivity contribution >= 4 is 27.5 Å². The van der Waals surface area contributed by atoms with Crippen LogP contribution < -0.4 is 5.32 Å². The molecule has 25 heavy (non-hydrogen) atoms. The first-order chi connectivity index (χ1) is 12.2. The van der Waals surface area contributed by atoms with Gasteiger partial charge in [-0.2, -0.15) is 0 Å². The maximum Gasteiger partial charge on any atom is 0.205 e. The van der Waals surface area contributed by atoms with Gasteiger partial charge in [0.05, 0.1) is 17.6 Å². The summed E-state index contributed by atoms with van der Waals surface area (Å²) in [7, 11) is 1.83. The zero-order chi connectivity index (χ0) is 17.2. The summed E-state index contributed by atoms with van der Waals surface area (Å²) in [6.07, 6.45) is 0.632. The van der Waals surface area contributed by atoms with Crippen molar-refractivity contribution in [2.75, 3.05) is 12.4 Å². The Balaban J connectivity index is 1.73. The predicted molar refractivity (Wildman–Crippen MR) is 97.5 cm³/mol.